The van der Waals surface area contributed by atoms with E-state index < -0.39 is 0 Å². The Morgan fingerprint density at radius 3 is 2.79 bits per heavy atom. The maximum Gasteiger partial charge on any atom is 0.143 e. The lowest BCUT2D eigenvalue weighted by molar-refractivity contribution is 0.260. The molecule has 0 aliphatic carbocycles. The van der Waals surface area contributed by atoms with E-state index in [1.165, 1.54) is 32.4 Å². The molecule has 1 aromatic rings. The van der Waals surface area contributed by atoms with E-state index >= 15 is 0 Å². The third kappa shape index (κ3) is 2.46. The molecule has 3 heterocycles. The van der Waals surface area contributed by atoms with Gasteiger partial charge in [-0.1, -0.05) is 0 Å². The van der Waals surface area contributed by atoms with Gasteiger partial charge in [-0.05, 0) is 60.8 Å². The van der Waals surface area contributed by atoms with Crippen molar-refractivity contribution in [3.05, 3.63) is 16.2 Å². The molecule has 3 rings (SSSR count). The number of halogens is 1. The molecular formula is C14H21BrN4. The van der Waals surface area contributed by atoms with Gasteiger partial charge < -0.3 is 10.6 Å². The molecule has 0 spiro atoms. The minimum atomic E-state index is 0.703. The van der Waals surface area contributed by atoms with Crippen molar-refractivity contribution in [1.29, 1.82) is 0 Å². The van der Waals surface area contributed by atoms with Crippen LogP contribution in [0.2, 0.25) is 0 Å². The normalized spacial score (nSPS) is 24.3. The molecule has 2 N–H and O–H groups in total. The van der Waals surface area contributed by atoms with Gasteiger partial charge in [-0.3, -0.25) is 4.90 Å². The second kappa shape index (κ2) is 5.29. The van der Waals surface area contributed by atoms with Crippen LogP contribution in [0.4, 0.5) is 11.5 Å². The zero-order chi connectivity index (χ0) is 13.4. The number of hydrogen-bond acceptors (Lipinski definition) is 4. The van der Waals surface area contributed by atoms with Gasteiger partial charge in [0.25, 0.3) is 0 Å². The van der Waals surface area contributed by atoms with E-state index in [9.17, 15) is 0 Å². The SMILES string of the molecule is Cc1c(N)cnc(N2CCC(N3CCCC3)C2)c1Br. The molecule has 1 unspecified atom stereocenters. The van der Waals surface area contributed by atoms with Crippen LogP contribution in [0.3, 0.4) is 0 Å². The highest BCUT2D eigenvalue weighted by Crippen LogP contribution is 2.33. The second-order valence-corrected chi connectivity index (χ2v) is 6.40. The van der Waals surface area contributed by atoms with E-state index in [1.807, 2.05) is 6.92 Å². The highest BCUT2D eigenvalue weighted by atomic mass is 79.9. The van der Waals surface area contributed by atoms with Gasteiger partial charge in [0.2, 0.25) is 0 Å². The average Bonchev–Trinajstić information content (AvgIpc) is 3.06. The van der Waals surface area contributed by atoms with Crippen LogP contribution in [0, 0.1) is 6.92 Å². The standard InChI is InChI=1S/C14H21BrN4/c1-10-12(16)8-17-14(13(10)15)19-7-4-11(9-19)18-5-2-3-6-18/h8,11H,2-7,9,16H2,1H3. The molecule has 2 aliphatic heterocycles. The maximum atomic E-state index is 5.90. The molecule has 0 bridgehead atoms. The molecule has 2 aliphatic rings. The van der Waals surface area contributed by atoms with Crippen LogP contribution in [0.1, 0.15) is 24.8 Å². The fourth-order valence-corrected chi connectivity index (χ4v) is 3.72. The minimum Gasteiger partial charge on any atom is -0.397 e. The number of rotatable bonds is 2. The molecule has 2 fully saturated rings. The number of pyridine rings is 1. The first-order valence-electron chi connectivity index (χ1n) is 7.06. The molecule has 0 radical (unpaired) electrons. The topological polar surface area (TPSA) is 45.4 Å². The Bertz CT molecular complexity index is 471. The number of hydrogen-bond donors (Lipinski definition) is 1. The van der Waals surface area contributed by atoms with Crippen molar-refractivity contribution in [2.24, 2.45) is 0 Å². The highest BCUT2D eigenvalue weighted by molar-refractivity contribution is 9.10. The van der Waals surface area contributed by atoms with Gasteiger partial charge in [0, 0.05) is 19.1 Å². The van der Waals surface area contributed by atoms with Crippen LogP contribution < -0.4 is 10.6 Å². The lowest BCUT2D eigenvalue weighted by Crippen LogP contribution is -2.35. The van der Waals surface area contributed by atoms with Crippen LogP contribution in [0.5, 0.6) is 0 Å². The van der Waals surface area contributed by atoms with Crippen LogP contribution >= 0.6 is 15.9 Å². The van der Waals surface area contributed by atoms with Crippen molar-refractivity contribution in [2.75, 3.05) is 36.8 Å². The van der Waals surface area contributed by atoms with Gasteiger partial charge >= 0.3 is 0 Å². The Morgan fingerprint density at radius 2 is 2.05 bits per heavy atom. The summed E-state index contributed by atoms with van der Waals surface area (Å²) in [5.74, 6) is 1.05. The third-order valence-electron chi connectivity index (χ3n) is 4.40. The Kier molecular flexibility index (Phi) is 3.67. The van der Waals surface area contributed by atoms with Gasteiger partial charge in [0.05, 0.1) is 16.4 Å². The molecule has 4 nitrogen and oxygen atoms in total. The largest absolute Gasteiger partial charge is 0.397 e. The fraction of sp³-hybridized carbons (Fsp3) is 0.643. The summed E-state index contributed by atoms with van der Waals surface area (Å²) in [6, 6.07) is 0.703. The predicted molar refractivity (Wildman–Crippen MR) is 82.5 cm³/mol. The summed E-state index contributed by atoms with van der Waals surface area (Å²) in [5, 5.41) is 0. The highest BCUT2D eigenvalue weighted by Gasteiger charge is 2.30. The zero-order valence-corrected chi connectivity index (χ0v) is 13.0. The first-order chi connectivity index (χ1) is 9.16. The van der Waals surface area contributed by atoms with Gasteiger partial charge in [-0.2, -0.15) is 0 Å². The number of likely N-dealkylation sites (tertiary alicyclic amines) is 1. The number of nitrogens with zero attached hydrogens (tertiary/aromatic N) is 3. The molecule has 0 amide bonds. The molecule has 19 heavy (non-hydrogen) atoms. The molecule has 0 saturated carbocycles. The van der Waals surface area contributed by atoms with Gasteiger partial charge in [-0.25, -0.2) is 4.98 Å². The quantitative estimate of drug-likeness (QED) is 0.907. The first kappa shape index (κ1) is 13.2. The number of nitrogens with two attached hydrogens (primary N) is 1. The Morgan fingerprint density at radius 1 is 1.32 bits per heavy atom. The van der Waals surface area contributed by atoms with Gasteiger partial charge in [0.1, 0.15) is 5.82 Å². The number of aromatic nitrogens is 1. The average molecular weight is 325 g/mol. The van der Waals surface area contributed by atoms with Crippen molar-refractivity contribution in [3.63, 3.8) is 0 Å². The van der Waals surface area contributed by atoms with Gasteiger partial charge in [0.15, 0.2) is 0 Å². The number of nitrogen functional groups attached to an aromatic ring is 1. The molecule has 1 atom stereocenters. The summed E-state index contributed by atoms with van der Waals surface area (Å²) in [6.07, 6.45) is 5.75. The smallest absolute Gasteiger partial charge is 0.143 e. The van der Waals surface area contributed by atoms with Crippen LogP contribution in [-0.2, 0) is 0 Å². The molecule has 0 aromatic carbocycles. The fourth-order valence-electron chi connectivity index (χ4n) is 3.14. The van der Waals surface area contributed by atoms with E-state index in [0.29, 0.717) is 6.04 Å². The third-order valence-corrected chi connectivity index (χ3v) is 5.35. The zero-order valence-electron chi connectivity index (χ0n) is 11.4. The Hall–Kier alpha value is -0.810. The Balaban J connectivity index is 1.75. The molecular weight excluding hydrogens is 304 g/mol. The van der Waals surface area contributed by atoms with Gasteiger partial charge in [-0.15, -0.1) is 0 Å². The summed E-state index contributed by atoms with van der Waals surface area (Å²) < 4.78 is 1.05. The van der Waals surface area contributed by atoms with Crippen LogP contribution in [0.15, 0.2) is 10.7 Å². The van der Waals surface area contributed by atoms with E-state index in [2.05, 4.69) is 30.7 Å². The monoisotopic (exact) mass is 324 g/mol. The number of anilines is 2. The van der Waals surface area contributed by atoms with E-state index in [0.717, 1.165) is 34.6 Å². The minimum absolute atomic E-state index is 0.703. The molecule has 5 heteroatoms. The van der Waals surface area contributed by atoms with Crippen LogP contribution in [-0.4, -0.2) is 42.1 Å². The van der Waals surface area contributed by atoms with Crippen LogP contribution in [0.25, 0.3) is 0 Å². The second-order valence-electron chi connectivity index (χ2n) is 5.61. The first-order valence-corrected chi connectivity index (χ1v) is 7.85. The van der Waals surface area contributed by atoms with Crippen molar-refractivity contribution in [3.8, 4) is 0 Å². The summed E-state index contributed by atoms with van der Waals surface area (Å²) >= 11 is 3.65. The lowest BCUT2D eigenvalue weighted by Gasteiger charge is -2.24. The lowest BCUT2D eigenvalue weighted by atomic mass is 10.2. The maximum absolute atomic E-state index is 5.90. The summed E-state index contributed by atoms with van der Waals surface area (Å²) in [4.78, 5) is 9.54. The van der Waals surface area contributed by atoms with E-state index in [4.69, 9.17) is 5.73 Å². The van der Waals surface area contributed by atoms with Crippen molar-refractivity contribution >= 4 is 27.4 Å². The Labute approximate surface area is 123 Å². The van der Waals surface area contributed by atoms with E-state index in [-0.39, 0.29) is 0 Å². The molecule has 2 saturated heterocycles. The van der Waals surface area contributed by atoms with Crippen molar-refractivity contribution in [1.82, 2.24) is 9.88 Å². The summed E-state index contributed by atoms with van der Waals surface area (Å²) in [6.45, 7) is 6.77. The van der Waals surface area contributed by atoms with Crippen molar-refractivity contribution < 1.29 is 0 Å². The summed E-state index contributed by atoms with van der Waals surface area (Å²) in [5.41, 5.74) is 7.74. The molecule has 104 valence electrons. The van der Waals surface area contributed by atoms with E-state index in [1.54, 1.807) is 6.20 Å². The molecule has 1 aromatic heterocycles. The predicted octanol–water partition coefficient (Wildman–Crippen LogP) is 2.41. The summed E-state index contributed by atoms with van der Waals surface area (Å²) in [7, 11) is 0. The van der Waals surface area contributed by atoms with Crippen molar-refractivity contribution in [2.45, 2.75) is 32.2 Å².